The second kappa shape index (κ2) is 8.70. The first-order valence-corrected chi connectivity index (χ1v) is 7.15. The van der Waals surface area contributed by atoms with Crippen molar-refractivity contribution in [2.24, 2.45) is 0 Å². The summed E-state index contributed by atoms with van der Waals surface area (Å²) in [5, 5.41) is 11.9. The topological polar surface area (TPSA) is 49.3 Å². The van der Waals surface area contributed by atoms with Crippen molar-refractivity contribution in [3.8, 4) is 0 Å². The molecular weight excluding hydrogens is 238 g/mol. The van der Waals surface area contributed by atoms with E-state index in [2.05, 4.69) is 12.2 Å². The van der Waals surface area contributed by atoms with Crippen molar-refractivity contribution < 1.29 is 9.90 Å². The summed E-state index contributed by atoms with van der Waals surface area (Å²) in [5.74, 6) is 0.0290. The van der Waals surface area contributed by atoms with Gasteiger partial charge in [-0.3, -0.25) is 4.79 Å². The van der Waals surface area contributed by atoms with Crippen molar-refractivity contribution in [2.75, 3.05) is 6.61 Å². The molecule has 0 saturated heterocycles. The number of aliphatic hydroxyl groups excluding tert-OH is 1. The van der Waals surface area contributed by atoms with Gasteiger partial charge in [-0.1, -0.05) is 43.7 Å². The summed E-state index contributed by atoms with van der Waals surface area (Å²) in [6, 6.07) is 10.0. The molecule has 0 saturated carbocycles. The van der Waals surface area contributed by atoms with Crippen LogP contribution in [-0.4, -0.2) is 23.7 Å². The van der Waals surface area contributed by atoms with E-state index < -0.39 is 0 Å². The Morgan fingerprint density at radius 2 is 1.95 bits per heavy atom. The molecule has 1 aromatic rings. The SMILES string of the molecule is CCCC(C(=O)NC(C)CCCO)c1ccccc1. The van der Waals surface area contributed by atoms with E-state index in [9.17, 15) is 4.79 Å². The minimum atomic E-state index is -0.0669. The summed E-state index contributed by atoms with van der Waals surface area (Å²) in [4.78, 5) is 12.3. The fourth-order valence-corrected chi connectivity index (χ4v) is 2.24. The van der Waals surface area contributed by atoms with Crippen LogP contribution in [0, 0.1) is 0 Å². The molecule has 0 aromatic heterocycles. The van der Waals surface area contributed by atoms with Crippen molar-refractivity contribution in [2.45, 2.75) is 51.5 Å². The van der Waals surface area contributed by atoms with Gasteiger partial charge in [0.25, 0.3) is 0 Å². The Labute approximate surface area is 116 Å². The number of nitrogens with one attached hydrogen (secondary N) is 1. The van der Waals surface area contributed by atoms with E-state index in [1.807, 2.05) is 37.3 Å². The zero-order valence-electron chi connectivity index (χ0n) is 11.9. The smallest absolute Gasteiger partial charge is 0.227 e. The lowest BCUT2D eigenvalue weighted by Gasteiger charge is -2.20. The summed E-state index contributed by atoms with van der Waals surface area (Å²) in [6.07, 6.45) is 3.39. The maximum atomic E-state index is 12.3. The van der Waals surface area contributed by atoms with Crippen LogP contribution >= 0.6 is 0 Å². The third kappa shape index (κ3) is 5.43. The van der Waals surface area contributed by atoms with Gasteiger partial charge in [-0.25, -0.2) is 0 Å². The van der Waals surface area contributed by atoms with E-state index >= 15 is 0 Å². The maximum absolute atomic E-state index is 12.3. The van der Waals surface area contributed by atoms with E-state index in [0.717, 1.165) is 31.2 Å². The fourth-order valence-electron chi connectivity index (χ4n) is 2.24. The Kier molecular flexibility index (Phi) is 7.19. The molecule has 3 heteroatoms. The number of amides is 1. The highest BCUT2D eigenvalue weighted by Crippen LogP contribution is 2.21. The van der Waals surface area contributed by atoms with Gasteiger partial charge in [-0.2, -0.15) is 0 Å². The van der Waals surface area contributed by atoms with Gasteiger partial charge >= 0.3 is 0 Å². The van der Waals surface area contributed by atoms with Gasteiger partial charge in [-0.15, -0.1) is 0 Å². The molecule has 0 fully saturated rings. The Morgan fingerprint density at radius 3 is 2.53 bits per heavy atom. The highest BCUT2D eigenvalue weighted by atomic mass is 16.2. The van der Waals surface area contributed by atoms with E-state index in [1.165, 1.54) is 0 Å². The lowest BCUT2D eigenvalue weighted by atomic mass is 9.93. The molecule has 2 atom stereocenters. The Morgan fingerprint density at radius 1 is 1.26 bits per heavy atom. The van der Waals surface area contributed by atoms with Gasteiger partial charge in [0.05, 0.1) is 5.92 Å². The third-order valence-corrected chi connectivity index (χ3v) is 3.28. The standard InChI is InChI=1S/C16H25NO2/c1-3-8-15(14-10-5-4-6-11-14)16(19)17-13(2)9-7-12-18/h4-6,10-11,13,15,18H,3,7-9,12H2,1-2H3,(H,17,19). The predicted molar refractivity (Wildman–Crippen MR) is 78.0 cm³/mol. The lowest BCUT2D eigenvalue weighted by Crippen LogP contribution is -2.36. The van der Waals surface area contributed by atoms with Crippen LogP contribution in [0.3, 0.4) is 0 Å². The Bertz CT molecular complexity index is 364. The first-order valence-electron chi connectivity index (χ1n) is 7.15. The molecule has 1 rings (SSSR count). The normalized spacial score (nSPS) is 13.8. The van der Waals surface area contributed by atoms with E-state index in [0.29, 0.717) is 0 Å². The van der Waals surface area contributed by atoms with Gasteiger partial charge in [0, 0.05) is 12.6 Å². The number of rotatable bonds is 8. The van der Waals surface area contributed by atoms with E-state index in [1.54, 1.807) is 0 Å². The van der Waals surface area contributed by atoms with Gasteiger partial charge < -0.3 is 10.4 Å². The van der Waals surface area contributed by atoms with Crippen LogP contribution < -0.4 is 5.32 Å². The van der Waals surface area contributed by atoms with Gasteiger partial charge in [-0.05, 0) is 31.7 Å². The van der Waals surface area contributed by atoms with Crippen molar-refractivity contribution >= 4 is 5.91 Å². The second-order valence-electron chi connectivity index (χ2n) is 5.03. The molecule has 0 aliphatic rings. The van der Waals surface area contributed by atoms with Crippen LogP contribution in [0.4, 0.5) is 0 Å². The molecule has 2 N–H and O–H groups in total. The average molecular weight is 263 g/mol. The monoisotopic (exact) mass is 263 g/mol. The Balaban J connectivity index is 2.63. The zero-order valence-corrected chi connectivity index (χ0v) is 11.9. The molecule has 1 aromatic carbocycles. The highest BCUT2D eigenvalue weighted by Gasteiger charge is 2.20. The number of aliphatic hydroxyl groups is 1. The molecule has 0 heterocycles. The first-order chi connectivity index (χ1) is 9.19. The fraction of sp³-hybridized carbons (Fsp3) is 0.562. The molecule has 106 valence electrons. The quantitative estimate of drug-likeness (QED) is 0.757. The molecule has 0 aliphatic carbocycles. The summed E-state index contributed by atoms with van der Waals surface area (Å²) < 4.78 is 0. The molecular formula is C16H25NO2. The largest absolute Gasteiger partial charge is 0.396 e. The molecule has 1 amide bonds. The summed E-state index contributed by atoms with van der Waals surface area (Å²) in [5.41, 5.74) is 1.08. The van der Waals surface area contributed by atoms with Crippen molar-refractivity contribution in [3.63, 3.8) is 0 Å². The lowest BCUT2D eigenvalue weighted by molar-refractivity contribution is -0.123. The van der Waals surface area contributed by atoms with Crippen LogP contribution in [0.2, 0.25) is 0 Å². The van der Waals surface area contributed by atoms with Gasteiger partial charge in [0.15, 0.2) is 0 Å². The van der Waals surface area contributed by atoms with E-state index in [4.69, 9.17) is 5.11 Å². The molecule has 0 bridgehead atoms. The van der Waals surface area contributed by atoms with Gasteiger partial charge in [0.1, 0.15) is 0 Å². The predicted octanol–water partition coefficient (Wildman–Crippen LogP) is 2.85. The maximum Gasteiger partial charge on any atom is 0.227 e. The van der Waals surface area contributed by atoms with Crippen molar-refractivity contribution in [1.82, 2.24) is 5.32 Å². The number of carbonyl (C=O) groups is 1. The zero-order chi connectivity index (χ0) is 14.1. The molecule has 0 radical (unpaired) electrons. The van der Waals surface area contributed by atoms with E-state index in [-0.39, 0.29) is 24.5 Å². The third-order valence-electron chi connectivity index (χ3n) is 3.28. The Hall–Kier alpha value is -1.35. The summed E-state index contributed by atoms with van der Waals surface area (Å²) in [7, 11) is 0. The van der Waals surface area contributed by atoms with Crippen molar-refractivity contribution in [1.29, 1.82) is 0 Å². The average Bonchev–Trinajstić information content (AvgIpc) is 2.43. The number of carbonyl (C=O) groups excluding carboxylic acids is 1. The highest BCUT2D eigenvalue weighted by molar-refractivity contribution is 5.83. The molecule has 19 heavy (non-hydrogen) atoms. The minimum absolute atomic E-state index is 0.0669. The number of hydrogen-bond acceptors (Lipinski definition) is 2. The summed E-state index contributed by atoms with van der Waals surface area (Å²) in [6.45, 7) is 4.26. The summed E-state index contributed by atoms with van der Waals surface area (Å²) >= 11 is 0. The van der Waals surface area contributed by atoms with Crippen LogP contribution in [-0.2, 0) is 4.79 Å². The first kappa shape index (κ1) is 15.7. The number of hydrogen-bond donors (Lipinski definition) is 2. The van der Waals surface area contributed by atoms with Crippen molar-refractivity contribution in [3.05, 3.63) is 35.9 Å². The van der Waals surface area contributed by atoms with Crippen LogP contribution in [0.5, 0.6) is 0 Å². The molecule has 0 aliphatic heterocycles. The molecule has 2 unspecified atom stereocenters. The number of benzene rings is 1. The van der Waals surface area contributed by atoms with Crippen LogP contribution in [0.1, 0.15) is 51.0 Å². The van der Waals surface area contributed by atoms with Gasteiger partial charge in [0.2, 0.25) is 5.91 Å². The van der Waals surface area contributed by atoms with Crippen LogP contribution in [0.25, 0.3) is 0 Å². The second-order valence-corrected chi connectivity index (χ2v) is 5.03. The van der Waals surface area contributed by atoms with Crippen LogP contribution in [0.15, 0.2) is 30.3 Å². The molecule has 0 spiro atoms. The minimum Gasteiger partial charge on any atom is -0.396 e. The molecule has 3 nitrogen and oxygen atoms in total.